The second kappa shape index (κ2) is 8.09. The van der Waals surface area contributed by atoms with Gasteiger partial charge in [-0.1, -0.05) is 67.8 Å². The van der Waals surface area contributed by atoms with Crippen LogP contribution in [0.1, 0.15) is 25.0 Å². The highest BCUT2D eigenvalue weighted by Crippen LogP contribution is 2.42. The lowest BCUT2D eigenvalue weighted by Gasteiger charge is -2.08. The summed E-state index contributed by atoms with van der Waals surface area (Å²) in [7, 11) is 0. The smallest absolute Gasteiger partial charge is 0.162 e. The largest absolute Gasteiger partial charge is 0.294 e. The van der Waals surface area contributed by atoms with Gasteiger partial charge in [0.25, 0.3) is 0 Å². The van der Waals surface area contributed by atoms with E-state index in [1.54, 1.807) is 25.2 Å². The van der Waals surface area contributed by atoms with Gasteiger partial charge in [-0.2, -0.15) is 0 Å². The molecule has 4 aromatic carbocycles. The lowest BCUT2D eigenvalue weighted by atomic mass is 9.95. The summed E-state index contributed by atoms with van der Waals surface area (Å²) in [6, 6.07) is 21.2. The standard InChI is InChI=1S/C30H24O2S/c1-17(2)26(31)15-19-8-10-23-21(14-19)9-13-28-29(23)25-12-11-22-20(16-27(32)18(3)4)6-5-7-24(22)30(25)33-28/h5-14H,1,3,15-16H2,2,4H3. The first-order chi connectivity index (χ1) is 15.8. The van der Waals surface area contributed by atoms with Gasteiger partial charge >= 0.3 is 0 Å². The fraction of sp³-hybridized carbons (Fsp3) is 0.133. The van der Waals surface area contributed by atoms with Gasteiger partial charge in [-0.05, 0) is 63.7 Å². The Morgan fingerprint density at radius 2 is 1.45 bits per heavy atom. The Morgan fingerprint density at radius 1 is 0.758 bits per heavy atom. The van der Waals surface area contributed by atoms with Crippen LogP contribution in [0.3, 0.4) is 0 Å². The van der Waals surface area contributed by atoms with E-state index in [9.17, 15) is 9.59 Å². The van der Waals surface area contributed by atoms with E-state index in [-0.39, 0.29) is 11.6 Å². The van der Waals surface area contributed by atoms with E-state index in [2.05, 4.69) is 61.7 Å². The van der Waals surface area contributed by atoms with Crippen molar-refractivity contribution in [3.05, 3.63) is 96.1 Å². The van der Waals surface area contributed by atoms with Crippen LogP contribution in [-0.2, 0) is 22.4 Å². The summed E-state index contributed by atoms with van der Waals surface area (Å²) in [5, 5.41) is 7.10. The second-order valence-corrected chi connectivity index (χ2v) is 9.86. The number of Topliss-reactive ketones (excluding diaryl/α,β-unsaturated/α-hetero) is 2. The van der Waals surface area contributed by atoms with Crippen molar-refractivity contribution in [1.82, 2.24) is 0 Å². The summed E-state index contributed by atoms with van der Waals surface area (Å²) < 4.78 is 2.47. The summed E-state index contributed by atoms with van der Waals surface area (Å²) in [5.41, 5.74) is 3.22. The van der Waals surface area contributed by atoms with Crippen LogP contribution in [0.25, 0.3) is 41.7 Å². The zero-order valence-electron chi connectivity index (χ0n) is 18.8. The van der Waals surface area contributed by atoms with Crippen molar-refractivity contribution >= 4 is 64.6 Å². The van der Waals surface area contributed by atoms with Crippen LogP contribution in [0.4, 0.5) is 0 Å². The summed E-state index contributed by atoms with van der Waals surface area (Å²) in [6.07, 6.45) is 0.752. The monoisotopic (exact) mass is 448 g/mol. The van der Waals surface area contributed by atoms with Gasteiger partial charge < -0.3 is 0 Å². The van der Waals surface area contributed by atoms with Crippen molar-refractivity contribution in [2.75, 3.05) is 0 Å². The van der Waals surface area contributed by atoms with E-state index < -0.39 is 0 Å². The number of carbonyl (C=O) groups is 2. The molecule has 0 unspecified atom stereocenters. The predicted molar refractivity (Wildman–Crippen MR) is 141 cm³/mol. The van der Waals surface area contributed by atoms with Crippen molar-refractivity contribution in [3.63, 3.8) is 0 Å². The van der Waals surface area contributed by atoms with Gasteiger partial charge in [0.1, 0.15) is 0 Å². The molecule has 0 bridgehead atoms. The Morgan fingerprint density at radius 3 is 2.21 bits per heavy atom. The topological polar surface area (TPSA) is 34.1 Å². The van der Waals surface area contributed by atoms with Crippen molar-refractivity contribution in [1.29, 1.82) is 0 Å². The van der Waals surface area contributed by atoms with Crippen molar-refractivity contribution in [2.45, 2.75) is 26.7 Å². The molecule has 0 atom stereocenters. The lowest BCUT2D eigenvalue weighted by molar-refractivity contribution is -0.115. The molecular formula is C30H24O2S. The molecule has 5 rings (SSSR count). The van der Waals surface area contributed by atoms with E-state index in [1.165, 1.54) is 30.9 Å². The number of rotatable bonds is 6. The van der Waals surface area contributed by atoms with E-state index in [0.717, 1.165) is 21.9 Å². The average molecular weight is 449 g/mol. The predicted octanol–water partition coefficient (Wildman–Crippen LogP) is 7.74. The minimum absolute atomic E-state index is 0.0730. The molecule has 162 valence electrons. The number of ketones is 2. The summed E-state index contributed by atoms with van der Waals surface area (Å²) >= 11 is 1.79. The molecule has 0 aliphatic rings. The highest BCUT2D eigenvalue weighted by Gasteiger charge is 2.15. The zero-order valence-corrected chi connectivity index (χ0v) is 19.6. The average Bonchev–Trinajstić information content (AvgIpc) is 3.18. The fourth-order valence-corrected chi connectivity index (χ4v) is 5.70. The molecule has 0 aliphatic carbocycles. The maximum Gasteiger partial charge on any atom is 0.162 e. The van der Waals surface area contributed by atoms with Gasteiger partial charge in [-0.25, -0.2) is 0 Å². The van der Waals surface area contributed by atoms with Gasteiger partial charge in [0.15, 0.2) is 11.6 Å². The summed E-state index contributed by atoms with van der Waals surface area (Å²) in [4.78, 5) is 24.4. The summed E-state index contributed by atoms with van der Waals surface area (Å²) in [6.45, 7) is 11.1. The van der Waals surface area contributed by atoms with Crippen LogP contribution < -0.4 is 0 Å². The number of benzene rings is 4. The van der Waals surface area contributed by atoms with E-state index >= 15 is 0 Å². The SMILES string of the molecule is C=C(C)C(=O)Cc1ccc2c(ccc3sc4c5cccc(CC(=O)C(=C)C)c5ccc4c32)c1. The molecule has 0 amide bonds. The third-order valence-electron chi connectivity index (χ3n) is 6.30. The third-order valence-corrected chi connectivity index (χ3v) is 7.50. The minimum atomic E-state index is 0.0730. The van der Waals surface area contributed by atoms with Crippen LogP contribution in [-0.4, -0.2) is 11.6 Å². The highest BCUT2D eigenvalue weighted by molar-refractivity contribution is 7.26. The van der Waals surface area contributed by atoms with Crippen LogP contribution in [0.2, 0.25) is 0 Å². The molecule has 0 saturated heterocycles. The van der Waals surface area contributed by atoms with Gasteiger partial charge in [0.2, 0.25) is 0 Å². The first-order valence-electron chi connectivity index (χ1n) is 11.0. The quantitative estimate of drug-likeness (QED) is 0.249. The molecule has 0 fully saturated rings. The number of hydrogen-bond acceptors (Lipinski definition) is 3. The molecule has 0 aliphatic heterocycles. The van der Waals surface area contributed by atoms with Crippen LogP contribution in [0.15, 0.2) is 85.0 Å². The normalized spacial score (nSPS) is 11.5. The molecule has 33 heavy (non-hydrogen) atoms. The first-order valence-corrected chi connectivity index (χ1v) is 11.8. The van der Waals surface area contributed by atoms with Crippen molar-refractivity contribution in [3.8, 4) is 0 Å². The Balaban J connectivity index is 1.69. The number of hydrogen-bond donors (Lipinski definition) is 0. The third kappa shape index (κ3) is 3.69. The van der Waals surface area contributed by atoms with Crippen LogP contribution >= 0.6 is 11.3 Å². The molecule has 0 N–H and O–H groups in total. The molecule has 0 saturated carbocycles. The molecule has 1 aromatic heterocycles. The molecule has 0 spiro atoms. The number of fused-ring (bicyclic) bond motifs is 7. The van der Waals surface area contributed by atoms with E-state index in [4.69, 9.17) is 0 Å². The van der Waals surface area contributed by atoms with Gasteiger partial charge in [-0.15, -0.1) is 11.3 Å². The molecular weight excluding hydrogens is 424 g/mol. The van der Waals surface area contributed by atoms with Crippen molar-refractivity contribution < 1.29 is 9.59 Å². The van der Waals surface area contributed by atoms with Gasteiger partial charge in [0, 0.05) is 33.0 Å². The number of thiophene rings is 1. The maximum atomic E-state index is 12.3. The number of carbonyl (C=O) groups excluding carboxylic acids is 2. The molecule has 2 nitrogen and oxygen atoms in total. The lowest BCUT2D eigenvalue weighted by Crippen LogP contribution is -2.03. The maximum absolute atomic E-state index is 12.3. The fourth-order valence-electron chi connectivity index (χ4n) is 4.46. The van der Waals surface area contributed by atoms with Crippen LogP contribution in [0, 0.1) is 0 Å². The highest BCUT2D eigenvalue weighted by atomic mass is 32.1. The van der Waals surface area contributed by atoms with E-state index in [0.29, 0.717) is 24.0 Å². The molecule has 3 heteroatoms. The van der Waals surface area contributed by atoms with Crippen LogP contribution in [0.5, 0.6) is 0 Å². The Bertz CT molecular complexity index is 1650. The van der Waals surface area contributed by atoms with Gasteiger partial charge in [0.05, 0.1) is 0 Å². The minimum Gasteiger partial charge on any atom is -0.294 e. The Labute approximate surface area is 196 Å². The molecule has 5 aromatic rings. The first kappa shape index (κ1) is 21.3. The Hall–Kier alpha value is -3.56. The summed E-state index contributed by atoms with van der Waals surface area (Å²) in [5.74, 6) is 0.148. The molecule has 1 heterocycles. The second-order valence-electron chi connectivity index (χ2n) is 8.81. The van der Waals surface area contributed by atoms with Gasteiger partial charge in [-0.3, -0.25) is 9.59 Å². The molecule has 0 radical (unpaired) electrons. The Kier molecular flexibility index (Phi) is 5.22. The van der Waals surface area contributed by atoms with E-state index in [1.807, 2.05) is 12.1 Å². The van der Waals surface area contributed by atoms with Crippen molar-refractivity contribution in [2.24, 2.45) is 0 Å². The zero-order chi connectivity index (χ0) is 23.3. The number of allylic oxidation sites excluding steroid dienone is 2.